The van der Waals surface area contributed by atoms with Crippen LogP contribution in [0.15, 0.2) is 33.6 Å². The zero-order chi connectivity index (χ0) is 13.8. The second-order valence-corrected chi connectivity index (χ2v) is 8.66. The minimum atomic E-state index is -3.60. The van der Waals surface area contributed by atoms with Crippen molar-refractivity contribution >= 4 is 35.8 Å². The Kier molecular flexibility index (Phi) is 5.32. The molecule has 0 unspecified atom stereocenters. The lowest BCUT2D eigenvalue weighted by atomic mass is 10.4. The third kappa shape index (κ3) is 5.05. The first-order chi connectivity index (χ1) is 8.22. The third-order valence-electron chi connectivity index (χ3n) is 2.11. The summed E-state index contributed by atoms with van der Waals surface area (Å²) < 4.78 is 48.4. The van der Waals surface area contributed by atoms with Crippen molar-refractivity contribution in [3.63, 3.8) is 0 Å². The number of rotatable bonds is 6. The molecule has 5 nitrogen and oxygen atoms in total. The fraction of sp³-hybridized carbons (Fsp3) is 0.400. The molecule has 0 aliphatic heterocycles. The Bertz CT molecular complexity index is 611. The number of nitrogens with one attached hydrogen (secondary N) is 1. The van der Waals surface area contributed by atoms with Crippen molar-refractivity contribution in [2.24, 2.45) is 0 Å². The molecule has 0 atom stereocenters. The summed E-state index contributed by atoms with van der Waals surface area (Å²) in [6.45, 7) is 0.0940. The molecule has 1 N–H and O–H groups in total. The topological polar surface area (TPSA) is 80.3 Å². The number of halogens is 1. The fourth-order valence-electron chi connectivity index (χ4n) is 1.28. The van der Waals surface area contributed by atoms with Gasteiger partial charge in [-0.1, -0.05) is 12.1 Å². The van der Waals surface area contributed by atoms with Gasteiger partial charge < -0.3 is 0 Å². The van der Waals surface area contributed by atoms with Gasteiger partial charge in [0.25, 0.3) is 0 Å². The zero-order valence-corrected chi connectivity index (χ0v) is 13.0. The monoisotopic (exact) mass is 355 g/mol. The molecule has 0 saturated carbocycles. The van der Waals surface area contributed by atoms with Crippen molar-refractivity contribution in [1.29, 1.82) is 0 Å². The smallest absolute Gasteiger partial charge is 0.229 e. The van der Waals surface area contributed by atoms with Gasteiger partial charge in [0.2, 0.25) is 10.0 Å². The molecule has 18 heavy (non-hydrogen) atoms. The molecule has 0 aromatic heterocycles. The molecule has 8 heteroatoms. The molecule has 0 fully saturated rings. The first-order valence-corrected chi connectivity index (χ1v) is 9.48. The lowest BCUT2D eigenvalue weighted by Gasteiger charge is -2.07. The van der Waals surface area contributed by atoms with Crippen molar-refractivity contribution < 1.29 is 16.8 Å². The van der Waals surface area contributed by atoms with Crippen molar-refractivity contribution in [3.05, 3.63) is 28.7 Å². The molecule has 1 aromatic carbocycles. The minimum absolute atomic E-state index is 0.0362. The van der Waals surface area contributed by atoms with Gasteiger partial charge in [-0.05, 0) is 34.5 Å². The van der Waals surface area contributed by atoms with E-state index in [2.05, 4.69) is 20.7 Å². The van der Waals surface area contributed by atoms with E-state index in [9.17, 15) is 16.8 Å². The van der Waals surface area contributed by atoms with Crippen LogP contribution in [0.2, 0.25) is 0 Å². The second kappa shape index (κ2) is 6.14. The van der Waals surface area contributed by atoms with Gasteiger partial charge in [0.05, 0.1) is 10.6 Å². The van der Waals surface area contributed by atoms with Gasteiger partial charge in [0.1, 0.15) is 9.84 Å². The molecule has 0 spiro atoms. The quantitative estimate of drug-likeness (QED) is 0.776. The summed E-state index contributed by atoms with van der Waals surface area (Å²) in [6.07, 6.45) is 1.37. The summed E-state index contributed by atoms with van der Waals surface area (Å²) in [7, 11) is -6.66. The fourth-order valence-corrected chi connectivity index (χ4v) is 4.03. The molecule has 0 radical (unpaired) electrons. The van der Waals surface area contributed by atoms with E-state index in [0.717, 1.165) is 6.26 Å². The maximum atomic E-state index is 11.9. The van der Waals surface area contributed by atoms with Crippen LogP contribution >= 0.6 is 15.9 Å². The number of hydrogen-bond donors (Lipinski definition) is 1. The van der Waals surface area contributed by atoms with Crippen LogP contribution in [0.3, 0.4) is 0 Å². The first kappa shape index (κ1) is 15.6. The van der Waals surface area contributed by atoms with Crippen LogP contribution in [0.1, 0.15) is 6.42 Å². The molecule has 1 rings (SSSR count). The lowest BCUT2D eigenvalue weighted by Crippen LogP contribution is -2.26. The maximum absolute atomic E-state index is 11.9. The highest BCUT2D eigenvalue weighted by Gasteiger charge is 2.16. The van der Waals surface area contributed by atoms with E-state index in [1.807, 2.05) is 0 Å². The Hall–Kier alpha value is -0.440. The average molecular weight is 356 g/mol. The molecule has 0 heterocycles. The Balaban J connectivity index is 2.65. The SMILES string of the molecule is CS(=O)(=O)CCCNS(=O)(=O)c1ccccc1Br. The summed E-state index contributed by atoms with van der Waals surface area (Å²) in [6, 6.07) is 6.44. The maximum Gasteiger partial charge on any atom is 0.241 e. The summed E-state index contributed by atoms with van der Waals surface area (Å²) >= 11 is 3.16. The summed E-state index contributed by atoms with van der Waals surface area (Å²) in [5.74, 6) is -0.0362. The van der Waals surface area contributed by atoms with E-state index < -0.39 is 19.9 Å². The summed E-state index contributed by atoms with van der Waals surface area (Å²) in [5, 5.41) is 0. The molecule has 102 valence electrons. The summed E-state index contributed by atoms with van der Waals surface area (Å²) in [4.78, 5) is 0.143. The van der Waals surface area contributed by atoms with E-state index in [-0.39, 0.29) is 23.6 Å². The molecular weight excluding hydrogens is 342 g/mol. The van der Waals surface area contributed by atoms with Crippen LogP contribution in [0, 0.1) is 0 Å². The number of benzene rings is 1. The number of sulfonamides is 1. The molecule has 0 aliphatic rings. The molecular formula is C10H14BrNO4S2. The van der Waals surface area contributed by atoms with Gasteiger partial charge in [0, 0.05) is 17.3 Å². The van der Waals surface area contributed by atoms with Gasteiger partial charge in [0.15, 0.2) is 0 Å². The number of hydrogen-bond acceptors (Lipinski definition) is 4. The van der Waals surface area contributed by atoms with E-state index in [1.54, 1.807) is 18.2 Å². The Morgan fingerprint density at radius 1 is 1.17 bits per heavy atom. The van der Waals surface area contributed by atoms with Gasteiger partial charge in [-0.15, -0.1) is 0 Å². The van der Waals surface area contributed by atoms with Crippen LogP contribution in [-0.2, 0) is 19.9 Å². The van der Waals surface area contributed by atoms with Gasteiger partial charge in [-0.3, -0.25) is 0 Å². The summed E-state index contributed by atoms with van der Waals surface area (Å²) in [5.41, 5.74) is 0. The van der Waals surface area contributed by atoms with E-state index in [0.29, 0.717) is 4.47 Å². The molecule has 0 bridgehead atoms. The highest BCUT2D eigenvalue weighted by atomic mass is 79.9. The lowest BCUT2D eigenvalue weighted by molar-refractivity contribution is 0.577. The number of sulfone groups is 1. The van der Waals surface area contributed by atoms with Crippen LogP contribution in [0.4, 0.5) is 0 Å². The Labute approximate surface area is 116 Å². The molecule has 0 aliphatic carbocycles. The van der Waals surface area contributed by atoms with E-state index in [4.69, 9.17) is 0 Å². The zero-order valence-electron chi connectivity index (χ0n) is 9.76. The van der Waals surface area contributed by atoms with E-state index in [1.165, 1.54) is 6.07 Å². The molecule has 0 amide bonds. The van der Waals surface area contributed by atoms with Crippen molar-refractivity contribution in [2.75, 3.05) is 18.6 Å². The van der Waals surface area contributed by atoms with Crippen molar-refractivity contribution in [1.82, 2.24) is 4.72 Å². The third-order valence-corrected chi connectivity index (χ3v) is 5.61. The highest BCUT2D eigenvalue weighted by molar-refractivity contribution is 9.10. The first-order valence-electron chi connectivity index (χ1n) is 5.14. The highest BCUT2D eigenvalue weighted by Crippen LogP contribution is 2.20. The predicted octanol–water partition coefficient (Wildman–Crippen LogP) is 1.16. The van der Waals surface area contributed by atoms with Crippen molar-refractivity contribution in [3.8, 4) is 0 Å². The van der Waals surface area contributed by atoms with Crippen LogP contribution in [0.5, 0.6) is 0 Å². The van der Waals surface area contributed by atoms with Gasteiger partial charge in [-0.2, -0.15) is 0 Å². The molecule has 0 saturated heterocycles. The second-order valence-electron chi connectivity index (χ2n) is 3.81. The minimum Gasteiger partial charge on any atom is -0.229 e. The van der Waals surface area contributed by atoms with Crippen molar-refractivity contribution in [2.45, 2.75) is 11.3 Å². The van der Waals surface area contributed by atoms with Crippen LogP contribution in [-0.4, -0.2) is 35.4 Å². The van der Waals surface area contributed by atoms with Crippen LogP contribution < -0.4 is 4.72 Å². The predicted molar refractivity (Wildman–Crippen MR) is 73.7 cm³/mol. The Morgan fingerprint density at radius 2 is 1.78 bits per heavy atom. The van der Waals surface area contributed by atoms with Gasteiger partial charge >= 0.3 is 0 Å². The molecule has 1 aromatic rings. The van der Waals surface area contributed by atoms with E-state index >= 15 is 0 Å². The normalized spacial score (nSPS) is 12.6. The standard InChI is InChI=1S/C10H14BrNO4S2/c1-17(13,14)8-4-7-12-18(15,16)10-6-3-2-5-9(10)11/h2-3,5-6,12H,4,7-8H2,1H3. The van der Waals surface area contributed by atoms with Gasteiger partial charge in [-0.25, -0.2) is 21.6 Å². The largest absolute Gasteiger partial charge is 0.241 e. The Morgan fingerprint density at radius 3 is 2.33 bits per heavy atom. The average Bonchev–Trinajstić information content (AvgIpc) is 2.24. The van der Waals surface area contributed by atoms with Crippen LogP contribution in [0.25, 0.3) is 0 Å².